The maximum Gasteiger partial charge on any atom is 0.324 e. The highest BCUT2D eigenvalue weighted by Gasteiger charge is 2.23. The van der Waals surface area contributed by atoms with E-state index < -0.39 is 15.9 Å². The van der Waals surface area contributed by atoms with Crippen LogP contribution in [0.2, 0.25) is 0 Å². The number of hydrogen-bond donors (Lipinski definition) is 2. The maximum absolute atomic E-state index is 13.5. The molecular weight excluding hydrogens is 755 g/mol. The summed E-state index contributed by atoms with van der Waals surface area (Å²) in [6.45, 7) is 11.9. The zero-order chi connectivity index (χ0) is 40.9. The van der Waals surface area contributed by atoms with Crippen LogP contribution in [0.1, 0.15) is 49.8 Å². The summed E-state index contributed by atoms with van der Waals surface area (Å²) in [5.74, 6) is 2.30. The maximum atomic E-state index is 13.5. The number of ether oxygens (including phenoxy) is 3. The number of methoxy groups -OCH3 is 1. The van der Waals surface area contributed by atoms with Crippen LogP contribution in [0.25, 0.3) is 16.5 Å². The minimum Gasteiger partial charge on any atom is -0.497 e. The molecule has 3 heterocycles. The van der Waals surface area contributed by atoms with Crippen molar-refractivity contribution >= 4 is 38.1 Å². The molecule has 0 bridgehead atoms. The van der Waals surface area contributed by atoms with Gasteiger partial charge in [-0.1, -0.05) is 62.7 Å². The fourth-order valence-electron chi connectivity index (χ4n) is 6.73. The van der Waals surface area contributed by atoms with Gasteiger partial charge in [0.2, 0.25) is 5.88 Å². The summed E-state index contributed by atoms with van der Waals surface area (Å²) < 4.78 is 45.8. The molecule has 2 aromatic heterocycles. The van der Waals surface area contributed by atoms with Crippen LogP contribution in [0.5, 0.6) is 17.4 Å². The molecule has 1 saturated heterocycles. The minimum absolute atomic E-state index is 0.0294. The summed E-state index contributed by atoms with van der Waals surface area (Å²) in [4.78, 5) is 25.1. The molecule has 302 valence electrons. The number of urea groups is 1. The van der Waals surface area contributed by atoms with E-state index in [1.54, 1.807) is 47.3 Å². The molecule has 6 aromatic rings. The third kappa shape index (κ3) is 9.81. The van der Waals surface area contributed by atoms with Crippen LogP contribution in [-0.4, -0.2) is 84.8 Å². The van der Waals surface area contributed by atoms with Crippen LogP contribution in [0.15, 0.2) is 102 Å². The lowest BCUT2D eigenvalue weighted by atomic mass is 9.92. The van der Waals surface area contributed by atoms with Crippen molar-refractivity contribution in [2.24, 2.45) is 0 Å². The van der Waals surface area contributed by atoms with Gasteiger partial charge in [0.15, 0.2) is 9.84 Å². The van der Waals surface area contributed by atoms with Gasteiger partial charge in [-0.2, -0.15) is 10.1 Å². The molecular formula is C44H49N7O6S. The van der Waals surface area contributed by atoms with E-state index in [2.05, 4.69) is 46.3 Å². The second kappa shape index (κ2) is 17.3. The molecule has 1 aliphatic heterocycles. The normalized spacial score (nSPS) is 13.7. The van der Waals surface area contributed by atoms with Crippen LogP contribution in [0.3, 0.4) is 0 Å². The monoisotopic (exact) mass is 803 g/mol. The molecule has 58 heavy (non-hydrogen) atoms. The van der Waals surface area contributed by atoms with Gasteiger partial charge in [-0.25, -0.2) is 22.9 Å². The fourth-order valence-corrected chi connectivity index (χ4v) is 8.10. The first-order valence-electron chi connectivity index (χ1n) is 19.3. The highest BCUT2D eigenvalue weighted by molar-refractivity contribution is 7.91. The number of carbonyl (C=O) groups excluding carboxylic acids is 1. The Morgan fingerprint density at radius 2 is 1.67 bits per heavy atom. The lowest BCUT2D eigenvalue weighted by Crippen LogP contribution is -2.37. The number of aryl methyl sites for hydroxylation is 1. The third-order valence-corrected chi connectivity index (χ3v) is 11.7. The molecule has 0 unspecified atom stereocenters. The number of sulfone groups is 1. The minimum atomic E-state index is -3.56. The van der Waals surface area contributed by atoms with E-state index in [1.165, 1.54) is 7.11 Å². The molecule has 0 radical (unpaired) electrons. The van der Waals surface area contributed by atoms with Crippen molar-refractivity contribution in [2.75, 3.05) is 56.3 Å². The van der Waals surface area contributed by atoms with Crippen LogP contribution >= 0.6 is 0 Å². The first-order chi connectivity index (χ1) is 27.8. The third-order valence-electron chi connectivity index (χ3n) is 9.91. The van der Waals surface area contributed by atoms with E-state index in [0.29, 0.717) is 66.5 Å². The van der Waals surface area contributed by atoms with Crippen molar-refractivity contribution in [3.05, 3.63) is 120 Å². The first kappa shape index (κ1) is 40.4. The van der Waals surface area contributed by atoms with Gasteiger partial charge in [0.05, 0.1) is 48.0 Å². The molecule has 2 amide bonds. The molecule has 0 saturated carbocycles. The van der Waals surface area contributed by atoms with Gasteiger partial charge in [-0.15, -0.1) is 0 Å². The summed E-state index contributed by atoms with van der Waals surface area (Å²) in [6, 6.07) is 27.3. The summed E-state index contributed by atoms with van der Waals surface area (Å²) in [6.07, 6.45) is 2.38. The molecule has 4 aromatic carbocycles. The number of morpholine rings is 1. The smallest absolute Gasteiger partial charge is 0.324 e. The second-order valence-electron chi connectivity index (χ2n) is 15.4. The van der Waals surface area contributed by atoms with Crippen molar-refractivity contribution in [2.45, 2.75) is 50.8 Å². The Kier molecular flexibility index (Phi) is 12.1. The summed E-state index contributed by atoms with van der Waals surface area (Å²) >= 11 is 0. The van der Waals surface area contributed by atoms with Crippen molar-refractivity contribution in [3.8, 4) is 23.1 Å². The fraction of sp³-hybridized carbons (Fsp3) is 0.318. The first-order valence-corrected chi connectivity index (χ1v) is 21.0. The van der Waals surface area contributed by atoms with E-state index in [-0.39, 0.29) is 22.5 Å². The van der Waals surface area contributed by atoms with E-state index in [9.17, 15) is 13.2 Å². The van der Waals surface area contributed by atoms with Gasteiger partial charge in [0.1, 0.15) is 23.1 Å². The number of nitrogens with one attached hydrogen (secondary N) is 2. The number of nitrogens with zero attached hydrogens (tertiary/aromatic N) is 5. The van der Waals surface area contributed by atoms with Crippen molar-refractivity contribution in [3.63, 3.8) is 0 Å². The Balaban J connectivity index is 1.06. The van der Waals surface area contributed by atoms with E-state index in [0.717, 1.165) is 40.8 Å². The predicted molar refractivity (Wildman–Crippen MR) is 225 cm³/mol. The van der Waals surface area contributed by atoms with Crippen LogP contribution in [-0.2, 0) is 26.4 Å². The van der Waals surface area contributed by atoms with E-state index in [4.69, 9.17) is 19.3 Å². The van der Waals surface area contributed by atoms with Crippen molar-refractivity contribution in [1.82, 2.24) is 24.6 Å². The molecule has 0 atom stereocenters. The number of benzene rings is 4. The Morgan fingerprint density at radius 3 is 2.41 bits per heavy atom. The Labute approximate surface area is 339 Å². The molecule has 0 spiro atoms. The molecule has 14 heteroatoms. The van der Waals surface area contributed by atoms with Crippen LogP contribution in [0, 0.1) is 6.92 Å². The Morgan fingerprint density at radius 1 is 0.914 bits per heavy atom. The largest absolute Gasteiger partial charge is 0.497 e. The van der Waals surface area contributed by atoms with Gasteiger partial charge in [0.25, 0.3) is 0 Å². The second-order valence-corrected chi connectivity index (χ2v) is 17.5. The molecule has 13 nitrogen and oxygen atoms in total. The Hall–Kier alpha value is -5.83. The predicted octanol–water partition coefficient (Wildman–Crippen LogP) is 7.95. The van der Waals surface area contributed by atoms with Gasteiger partial charge >= 0.3 is 6.03 Å². The van der Waals surface area contributed by atoms with Crippen molar-refractivity contribution in [1.29, 1.82) is 0 Å². The highest BCUT2D eigenvalue weighted by Crippen LogP contribution is 2.35. The van der Waals surface area contributed by atoms with Gasteiger partial charge in [0, 0.05) is 54.0 Å². The summed E-state index contributed by atoms with van der Waals surface area (Å²) in [5, 5.41) is 12.4. The number of fused-ring (bicyclic) bond motifs is 1. The van der Waals surface area contributed by atoms with E-state index in [1.807, 2.05) is 61.5 Å². The average molecular weight is 804 g/mol. The molecule has 2 N–H and O–H groups in total. The number of aromatic nitrogens is 4. The lowest BCUT2D eigenvalue weighted by molar-refractivity contribution is 0.0381. The number of hydrogen-bond acceptors (Lipinski definition) is 10. The summed E-state index contributed by atoms with van der Waals surface area (Å²) in [7, 11) is -2.05. The SMILES string of the molecule is COc1cc(Cc2nccc(Oc3ccc(NC(=O)Nc4cc(C(C)(C)C)nn4-c4ccc(C)cc4)c4ccccc34)n2)cc(S(=O)(=O)CCCN2CCOCC2)c1. The number of amides is 2. The number of anilines is 2. The Bertz CT molecular complexity index is 2510. The number of carbonyl (C=O) groups is 1. The standard InChI is InChI=1S/C44H49N7O6S/c1-30-11-13-32(14-12-30)51-41(29-39(49-51)44(2,3)4)48-43(52)46-37-15-16-38(36-10-7-6-9-35(36)37)57-42-17-18-45-40(47-42)27-31-25-33(55-5)28-34(26-31)58(53,54)24-8-19-50-20-22-56-23-21-50/h6-7,9-18,25-26,28-29H,8,19-24,27H2,1-5H3,(H2,46,48,52). The van der Waals surface area contributed by atoms with Crippen molar-refractivity contribution < 1.29 is 27.4 Å². The molecule has 7 rings (SSSR count). The quantitative estimate of drug-likeness (QED) is 0.118. The van der Waals surface area contributed by atoms with Gasteiger partial charge < -0.3 is 19.5 Å². The molecule has 0 aliphatic carbocycles. The van der Waals surface area contributed by atoms with Gasteiger partial charge in [-0.05, 0) is 67.9 Å². The molecule has 1 aliphatic rings. The zero-order valence-electron chi connectivity index (χ0n) is 33.5. The average Bonchev–Trinajstić information content (AvgIpc) is 3.64. The van der Waals surface area contributed by atoms with Crippen LogP contribution in [0.4, 0.5) is 16.3 Å². The summed E-state index contributed by atoms with van der Waals surface area (Å²) in [5.41, 5.74) is 3.86. The highest BCUT2D eigenvalue weighted by atomic mass is 32.2. The topological polar surface area (TPSA) is 150 Å². The van der Waals surface area contributed by atoms with Gasteiger partial charge in [-0.3, -0.25) is 10.2 Å². The number of rotatable bonds is 13. The molecule has 1 fully saturated rings. The zero-order valence-corrected chi connectivity index (χ0v) is 34.3. The van der Waals surface area contributed by atoms with E-state index >= 15 is 0 Å². The lowest BCUT2D eigenvalue weighted by Gasteiger charge is -2.26. The van der Waals surface area contributed by atoms with Crippen LogP contribution < -0.4 is 20.1 Å².